The second kappa shape index (κ2) is 7.75. The van der Waals surface area contributed by atoms with Crippen molar-refractivity contribution < 1.29 is 4.79 Å². The lowest BCUT2D eigenvalue weighted by Crippen LogP contribution is -2.30. The molecule has 1 amide bonds. The highest BCUT2D eigenvalue weighted by molar-refractivity contribution is 7.19. The fourth-order valence-electron chi connectivity index (χ4n) is 3.77. The van der Waals surface area contributed by atoms with Crippen LogP contribution < -0.4 is 16.0 Å². The Balaban J connectivity index is 1.43. The van der Waals surface area contributed by atoms with E-state index >= 15 is 0 Å². The number of carbonyl (C=O) groups is 1. The van der Waals surface area contributed by atoms with Gasteiger partial charge in [0.2, 0.25) is 0 Å². The second-order valence-corrected chi connectivity index (χ2v) is 8.23. The van der Waals surface area contributed by atoms with Gasteiger partial charge in [0.05, 0.1) is 23.8 Å². The van der Waals surface area contributed by atoms with Crippen LogP contribution in [-0.4, -0.2) is 38.3 Å². The van der Waals surface area contributed by atoms with E-state index in [1.807, 2.05) is 34.9 Å². The summed E-state index contributed by atoms with van der Waals surface area (Å²) in [7, 11) is 0. The Hall–Kier alpha value is -3.46. The number of nitrogens with one attached hydrogen (secondary N) is 1. The summed E-state index contributed by atoms with van der Waals surface area (Å²) in [6.07, 6.45) is 10.6. The zero-order valence-electron chi connectivity index (χ0n) is 16.3. The molecular weight excluding hydrogens is 398 g/mol. The molecule has 4 aromatic heterocycles. The molecule has 8 nitrogen and oxygen atoms in total. The van der Waals surface area contributed by atoms with Crippen molar-refractivity contribution in [1.82, 2.24) is 19.4 Å². The lowest BCUT2D eigenvalue weighted by molar-refractivity contribution is 0.102. The number of thiazole rings is 1. The topological polar surface area (TPSA) is 101 Å². The van der Waals surface area contributed by atoms with Crippen molar-refractivity contribution in [1.29, 1.82) is 0 Å². The predicted molar refractivity (Wildman–Crippen MR) is 119 cm³/mol. The fraction of sp³-hybridized carbons (Fsp3) is 0.238. The minimum absolute atomic E-state index is 0.217. The van der Waals surface area contributed by atoms with Gasteiger partial charge in [0, 0.05) is 25.5 Å². The van der Waals surface area contributed by atoms with Crippen LogP contribution in [0.15, 0.2) is 49.1 Å². The zero-order chi connectivity index (χ0) is 20.5. The Bertz CT molecular complexity index is 1210. The van der Waals surface area contributed by atoms with Crippen molar-refractivity contribution in [3.63, 3.8) is 0 Å². The molecule has 0 aromatic carbocycles. The lowest BCUT2D eigenvalue weighted by atomic mass is 10.1. The van der Waals surface area contributed by atoms with Gasteiger partial charge in [-0.15, -0.1) is 0 Å². The largest absolute Gasteiger partial charge is 0.389 e. The molecule has 4 aromatic rings. The van der Waals surface area contributed by atoms with E-state index in [-0.39, 0.29) is 11.6 Å². The normalized spacial score (nSPS) is 14.2. The number of hydrogen-bond donors (Lipinski definition) is 2. The van der Waals surface area contributed by atoms with Crippen LogP contribution in [0.4, 0.5) is 16.4 Å². The van der Waals surface area contributed by atoms with E-state index in [0.29, 0.717) is 15.7 Å². The maximum atomic E-state index is 13.0. The molecule has 9 heteroatoms. The van der Waals surface area contributed by atoms with Crippen molar-refractivity contribution in [3.05, 3.63) is 54.7 Å². The molecule has 1 saturated heterocycles. The number of nitrogens with zero attached hydrogens (tertiary/aromatic N) is 5. The second-order valence-electron chi connectivity index (χ2n) is 7.20. The van der Waals surface area contributed by atoms with Gasteiger partial charge in [-0.25, -0.2) is 9.97 Å². The predicted octanol–water partition coefficient (Wildman–Crippen LogP) is 3.68. The lowest BCUT2D eigenvalue weighted by Gasteiger charge is -2.30. The van der Waals surface area contributed by atoms with Crippen molar-refractivity contribution in [3.8, 4) is 10.7 Å². The van der Waals surface area contributed by atoms with Crippen molar-refractivity contribution >= 4 is 39.3 Å². The molecule has 1 aliphatic rings. The molecular formula is C21H21N7OS. The van der Waals surface area contributed by atoms with Crippen LogP contribution in [0, 0.1) is 0 Å². The molecule has 0 atom stereocenters. The number of piperidine rings is 1. The first-order chi connectivity index (χ1) is 14.7. The number of hydrogen-bond acceptors (Lipinski definition) is 7. The van der Waals surface area contributed by atoms with Gasteiger partial charge in [-0.2, -0.15) is 0 Å². The number of nitrogen functional groups attached to an aromatic ring is 1. The van der Waals surface area contributed by atoms with Gasteiger partial charge in [0.25, 0.3) is 5.91 Å². The number of pyridine rings is 2. The van der Waals surface area contributed by atoms with Crippen molar-refractivity contribution in [2.75, 3.05) is 29.0 Å². The molecule has 152 valence electrons. The molecule has 0 spiro atoms. The van der Waals surface area contributed by atoms with E-state index < -0.39 is 0 Å². The maximum absolute atomic E-state index is 13.0. The Labute approximate surface area is 177 Å². The summed E-state index contributed by atoms with van der Waals surface area (Å²) in [4.78, 5) is 28.4. The monoisotopic (exact) mass is 419 g/mol. The molecule has 0 aliphatic carbocycles. The van der Waals surface area contributed by atoms with E-state index in [1.165, 1.54) is 17.8 Å². The van der Waals surface area contributed by atoms with E-state index in [4.69, 9.17) is 5.73 Å². The van der Waals surface area contributed by atoms with Crippen molar-refractivity contribution in [2.24, 2.45) is 0 Å². The number of aromatic nitrogens is 4. The molecule has 1 fully saturated rings. The van der Waals surface area contributed by atoms with Gasteiger partial charge in [0.1, 0.15) is 21.3 Å². The Morgan fingerprint density at radius 2 is 2.00 bits per heavy atom. The average Bonchev–Trinajstić information content (AvgIpc) is 3.38. The molecule has 5 heterocycles. The van der Waals surface area contributed by atoms with Gasteiger partial charge in [-0.3, -0.25) is 14.2 Å². The number of fused-ring (bicyclic) bond motifs is 1. The van der Waals surface area contributed by atoms with E-state index in [9.17, 15) is 4.79 Å². The minimum Gasteiger partial charge on any atom is -0.389 e. The van der Waals surface area contributed by atoms with E-state index in [0.717, 1.165) is 43.0 Å². The van der Waals surface area contributed by atoms with Crippen LogP contribution in [0.5, 0.6) is 0 Å². The molecule has 3 N–H and O–H groups in total. The Morgan fingerprint density at radius 3 is 2.87 bits per heavy atom. The first-order valence-corrected chi connectivity index (χ1v) is 10.7. The third-order valence-electron chi connectivity index (χ3n) is 5.25. The molecule has 0 bridgehead atoms. The van der Waals surface area contributed by atoms with Gasteiger partial charge < -0.3 is 16.0 Å². The summed E-state index contributed by atoms with van der Waals surface area (Å²) in [5.74, 6) is -0.338. The van der Waals surface area contributed by atoms with Gasteiger partial charge in [-0.05, 0) is 37.5 Å². The molecule has 0 unspecified atom stereocenters. The van der Waals surface area contributed by atoms with Crippen molar-refractivity contribution in [2.45, 2.75) is 19.3 Å². The highest BCUT2D eigenvalue weighted by Gasteiger charge is 2.21. The number of carbonyl (C=O) groups excluding carboxylic acids is 1. The van der Waals surface area contributed by atoms with Crippen LogP contribution in [0.3, 0.4) is 0 Å². The SMILES string of the molecule is Nc1sc(-c2cnc3ccccn23)nc1C(=O)Nc1cnccc1N1CCCCC1. The third kappa shape index (κ3) is 3.37. The highest BCUT2D eigenvalue weighted by atomic mass is 32.1. The summed E-state index contributed by atoms with van der Waals surface area (Å²) in [6, 6.07) is 7.70. The number of rotatable bonds is 4. The number of imidazole rings is 1. The number of nitrogens with two attached hydrogens (primary N) is 1. The number of amides is 1. The summed E-state index contributed by atoms with van der Waals surface area (Å²) in [6.45, 7) is 1.95. The first-order valence-electron chi connectivity index (χ1n) is 9.90. The van der Waals surface area contributed by atoms with Crippen LogP contribution in [0.2, 0.25) is 0 Å². The average molecular weight is 420 g/mol. The Kier molecular flexibility index (Phi) is 4.80. The van der Waals surface area contributed by atoms with Gasteiger partial charge in [0.15, 0.2) is 5.69 Å². The molecule has 5 rings (SSSR count). The quantitative estimate of drug-likeness (QED) is 0.523. The summed E-state index contributed by atoms with van der Waals surface area (Å²) in [5, 5.41) is 3.98. The molecule has 30 heavy (non-hydrogen) atoms. The molecule has 0 saturated carbocycles. The van der Waals surface area contributed by atoms with E-state index in [2.05, 4.69) is 25.2 Å². The smallest absolute Gasteiger partial charge is 0.277 e. The van der Waals surface area contributed by atoms with Crippen LogP contribution >= 0.6 is 11.3 Å². The summed E-state index contributed by atoms with van der Waals surface area (Å²) >= 11 is 1.28. The maximum Gasteiger partial charge on any atom is 0.277 e. The zero-order valence-corrected chi connectivity index (χ0v) is 17.1. The van der Waals surface area contributed by atoms with Gasteiger partial charge in [-0.1, -0.05) is 17.4 Å². The highest BCUT2D eigenvalue weighted by Crippen LogP contribution is 2.32. The summed E-state index contributed by atoms with van der Waals surface area (Å²) in [5.41, 5.74) is 9.65. The fourth-order valence-corrected chi connectivity index (χ4v) is 4.61. The summed E-state index contributed by atoms with van der Waals surface area (Å²) < 4.78 is 1.93. The van der Waals surface area contributed by atoms with Gasteiger partial charge >= 0.3 is 0 Å². The Morgan fingerprint density at radius 1 is 1.13 bits per heavy atom. The minimum atomic E-state index is -0.338. The third-order valence-corrected chi connectivity index (χ3v) is 6.15. The van der Waals surface area contributed by atoms with E-state index in [1.54, 1.807) is 18.6 Å². The standard InChI is InChI=1S/C21H21N7OS/c22-19-18(26-21(30-19)16-13-24-17-6-2-5-11-28(16)17)20(29)25-14-12-23-8-7-15(14)27-9-3-1-4-10-27/h2,5-8,11-13H,1,3-4,9-10,22H2,(H,25,29). The van der Waals surface area contributed by atoms with Crippen LogP contribution in [-0.2, 0) is 0 Å². The number of anilines is 3. The molecule has 0 radical (unpaired) electrons. The molecule has 1 aliphatic heterocycles. The first kappa shape index (κ1) is 18.6. The van der Waals surface area contributed by atoms with Crippen LogP contribution in [0.1, 0.15) is 29.8 Å². The van der Waals surface area contributed by atoms with Crippen LogP contribution in [0.25, 0.3) is 16.3 Å².